The van der Waals surface area contributed by atoms with Gasteiger partial charge in [-0.05, 0) is 32.7 Å². The van der Waals surface area contributed by atoms with Crippen LogP contribution in [0.15, 0.2) is 0 Å². The Kier molecular flexibility index (Phi) is 6.49. The second kappa shape index (κ2) is 6.81. The number of ether oxygens (including phenoxy) is 1. The normalized spacial score (nSPS) is 24.6. The van der Waals surface area contributed by atoms with E-state index in [-0.39, 0.29) is 18.3 Å². The first-order valence-electron chi connectivity index (χ1n) is 5.69. The zero-order valence-corrected chi connectivity index (χ0v) is 11.4. The lowest BCUT2D eigenvalue weighted by Gasteiger charge is -2.28. The Balaban J connectivity index is 0.00000256. The first-order chi connectivity index (χ1) is 7.55. The Bertz CT molecular complexity index is 278. The molecule has 17 heavy (non-hydrogen) atoms. The second-order valence-corrected chi connectivity index (χ2v) is 4.18. The smallest absolute Gasteiger partial charge is 0.328 e. The van der Waals surface area contributed by atoms with Crippen molar-refractivity contribution in [3.8, 4) is 0 Å². The van der Waals surface area contributed by atoms with Gasteiger partial charge in [0.15, 0.2) is 0 Å². The van der Waals surface area contributed by atoms with E-state index < -0.39 is 17.6 Å². The van der Waals surface area contributed by atoms with Crippen molar-refractivity contribution < 1.29 is 14.3 Å². The molecule has 6 heteroatoms. The SMILES string of the molecule is CCC1(C(=O)N[C@@H](C)C(=O)OC)CCCN1.Cl. The van der Waals surface area contributed by atoms with Gasteiger partial charge >= 0.3 is 5.97 Å². The summed E-state index contributed by atoms with van der Waals surface area (Å²) in [6.45, 7) is 4.45. The summed E-state index contributed by atoms with van der Waals surface area (Å²) in [7, 11) is 1.31. The Morgan fingerprint density at radius 3 is 2.59 bits per heavy atom. The van der Waals surface area contributed by atoms with Gasteiger partial charge < -0.3 is 15.4 Å². The molecule has 100 valence electrons. The molecule has 0 aromatic rings. The predicted octanol–water partition coefficient (Wildman–Crippen LogP) is 0.618. The first kappa shape index (κ1) is 16.2. The van der Waals surface area contributed by atoms with Crippen molar-refractivity contribution in [3.63, 3.8) is 0 Å². The molecule has 0 aliphatic carbocycles. The minimum absolute atomic E-state index is 0. The highest BCUT2D eigenvalue weighted by Crippen LogP contribution is 2.23. The maximum atomic E-state index is 12.0. The van der Waals surface area contributed by atoms with Gasteiger partial charge in [-0.15, -0.1) is 12.4 Å². The van der Waals surface area contributed by atoms with Gasteiger partial charge in [-0.2, -0.15) is 0 Å². The van der Waals surface area contributed by atoms with Crippen LogP contribution in [0.1, 0.15) is 33.1 Å². The van der Waals surface area contributed by atoms with Crippen LogP contribution < -0.4 is 10.6 Å². The number of carbonyl (C=O) groups excluding carboxylic acids is 2. The molecule has 1 aliphatic heterocycles. The highest BCUT2D eigenvalue weighted by atomic mass is 35.5. The van der Waals surface area contributed by atoms with Gasteiger partial charge in [-0.25, -0.2) is 4.79 Å². The Morgan fingerprint density at radius 1 is 1.53 bits per heavy atom. The van der Waals surface area contributed by atoms with Gasteiger partial charge in [0, 0.05) is 0 Å². The number of methoxy groups -OCH3 is 1. The lowest BCUT2D eigenvalue weighted by atomic mass is 9.93. The molecule has 2 atom stereocenters. The van der Waals surface area contributed by atoms with Crippen LogP contribution in [-0.4, -0.2) is 37.1 Å². The largest absolute Gasteiger partial charge is 0.467 e. The average Bonchev–Trinajstić information content (AvgIpc) is 2.77. The van der Waals surface area contributed by atoms with Gasteiger partial charge in [0.25, 0.3) is 0 Å². The summed E-state index contributed by atoms with van der Waals surface area (Å²) in [5.74, 6) is -0.525. The average molecular weight is 265 g/mol. The summed E-state index contributed by atoms with van der Waals surface area (Å²) in [6.07, 6.45) is 2.55. The van der Waals surface area contributed by atoms with Gasteiger partial charge in [-0.1, -0.05) is 6.92 Å². The third kappa shape index (κ3) is 3.57. The van der Waals surface area contributed by atoms with Crippen molar-refractivity contribution in [3.05, 3.63) is 0 Å². The van der Waals surface area contributed by atoms with Crippen LogP contribution in [-0.2, 0) is 14.3 Å². The molecular weight excluding hydrogens is 244 g/mol. The van der Waals surface area contributed by atoms with E-state index in [9.17, 15) is 9.59 Å². The predicted molar refractivity (Wildman–Crippen MR) is 67.1 cm³/mol. The van der Waals surface area contributed by atoms with E-state index in [0.717, 1.165) is 25.8 Å². The van der Waals surface area contributed by atoms with E-state index in [1.807, 2.05) is 6.92 Å². The summed E-state index contributed by atoms with van der Waals surface area (Å²) in [5.41, 5.74) is -0.498. The number of hydrogen-bond acceptors (Lipinski definition) is 4. The van der Waals surface area contributed by atoms with E-state index in [1.165, 1.54) is 7.11 Å². The lowest BCUT2D eigenvalue weighted by molar-refractivity contribution is -0.145. The monoisotopic (exact) mass is 264 g/mol. The van der Waals surface area contributed by atoms with E-state index in [4.69, 9.17) is 0 Å². The number of nitrogens with one attached hydrogen (secondary N) is 2. The molecule has 0 saturated carbocycles. The molecule has 2 N–H and O–H groups in total. The molecule has 1 rings (SSSR count). The number of rotatable bonds is 4. The molecule has 0 radical (unpaired) electrons. The first-order valence-corrected chi connectivity index (χ1v) is 5.69. The molecule has 1 amide bonds. The van der Waals surface area contributed by atoms with E-state index in [0.29, 0.717) is 0 Å². The number of esters is 1. The van der Waals surface area contributed by atoms with Crippen molar-refractivity contribution in [2.75, 3.05) is 13.7 Å². The standard InChI is InChI=1S/C11H20N2O3.ClH/c1-4-11(6-5-7-12-11)10(15)13-8(2)9(14)16-3;/h8,12H,4-7H2,1-3H3,(H,13,15);1H/t8-,11?;/m0./s1. The fraction of sp³-hybridized carbons (Fsp3) is 0.818. The van der Waals surface area contributed by atoms with Crippen molar-refractivity contribution in [2.45, 2.75) is 44.7 Å². The van der Waals surface area contributed by atoms with Crippen molar-refractivity contribution in [1.82, 2.24) is 10.6 Å². The number of hydrogen-bond donors (Lipinski definition) is 2. The van der Waals surface area contributed by atoms with Crippen LogP contribution in [0.4, 0.5) is 0 Å². The maximum absolute atomic E-state index is 12.0. The molecule has 1 saturated heterocycles. The highest BCUT2D eigenvalue weighted by molar-refractivity contribution is 5.90. The Morgan fingerprint density at radius 2 is 2.18 bits per heavy atom. The van der Waals surface area contributed by atoms with Crippen LogP contribution in [0.25, 0.3) is 0 Å². The molecular formula is C11H21ClN2O3. The molecule has 1 aliphatic rings. The minimum atomic E-state index is -0.594. The Hall–Kier alpha value is -0.810. The summed E-state index contributed by atoms with van der Waals surface area (Å²) in [5, 5.41) is 5.91. The van der Waals surface area contributed by atoms with E-state index in [1.54, 1.807) is 6.92 Å². The maximum Gasteiger partial charge on any atom is 0.328 e. The van der Waals surface area contributed by atoms with Gasteiger partial charge in [0.2, 0.25) is 5.91 Å². The molecule has 0 bridgehead atoms. The summed E-state index contributed by atoms with van der Waals surface area (Å²) in [4.78, 5) is 23.2. The number of carbonyl (C=O) groups is 2. The molecule has 5 nitrogen and oxygen atoms in total. The van der Waals surface area contributed by atoms with Crippen LogP contribution in [0.5, 0.6) is 0 Å². The molecule has 1 heterocycles. The zero-order chi connectivity index (χ0) is 12.2. The Labute approximate surface area is 108 Å². The van der Waals surface area contributed by atoms with Crippen molar-refractivity contribution in [1.29, 1.82) is 0 Å². The summed E-state index contributed by atoms with van der Waals surface area (Å²) >= 11 is 0. The zero-order valence-electron chi connectivity index (χ0n) is 10.5. The second-order valence-electron chi connectivity index (χ2n) is 4.18. The van der Waals surface area contributed by atoms with Gasteiger partial charge in [-0.3, -0.25) is 4.79 Å². The molecule has 1 fully saturated rings. The van der Waals surface area contributed by atoms with Crippen LogP contribution >= 0.6 is 12.4 Å². The lowest BCUT2D eigenvalue weighted by Crippen LogP contribution is -2.56. The minimum Gasteiger partial charge on any atom is -0.467 e. The number of amides is 1. The van der Waals surface area contributed by atoms with E-state index >= 15 is 0 Å². The molecule has 0 aromatic carbocycles. The summed E-state index contributed by atoms with van der Waals surface area (Å²) < 4.78 is 4.57. The topological polar surface area (TPSA) is 67.4 Å². The molecule has 0 spiro atoms. The summed E-state index contributed by atoms with van der Waals surface area (Å²) in [6, 6.07) is -0.594. The van der Waals surface area contributed by atoms with Gasteiger partial charge in [0.05, 0.1) is 12.6 Å². The fourth-order valence-corrected chi connectivity index (χ4v) is 2.03. The van der Waals surface area contributed by atoms with Crippen LogP contribution in [0, 0.1) is 0 Å². The van der Waals surface area contributed by atoms with Crippen molar-refractivity contribution in [2.24, 2.45) is 0 Å². The third-order valence-electron chi connectivity index (χ3n) is 3.18. The quantitative estimate of drug-likeness (QED) is 0.731. The van der Waals surface area contributed by atoms with Gasteiger partial charge in [0.1, 0.15) is 6.04 Å². The van der Waals surface area contributed by atoms with Crippen molar-refractivity contribution >= 4 is 24.3 Å². The van der Waals surface area contributed by atoms with Crippen LogP contribution in [0.2, 0.25) is 0 Å². The van der Waals surface area contributed by atoms with Crippen LogP contribution in [0.3, 0.4) is 0 Å². The molecule has 0 aromatic heterocycles. The molecule has 1 unspecified atom stereocenters. The number of halogens is 1. The highest BCUT2D eigenvalue weighted by Gasteiger charge is 2.40. The third-order valence-corrected chi connectivity index (χ3v) is 3.18. The van der Waals surface area contributed by atoms with E-state index in [2.05, 4.69) is 15.4 Å². The fourth-order valence-electron chi connectivity index (χ4n) is 2.03.